The Balaban J connectivity index is 1.45. The van der Waals surface area contributed by atoms with E-state index in [2.05, 4.69) is 68.3 Å². The molecule has 8 heteroatoms. The van der Waals surface area contributed by atoms with Gasteiger partial charge in [-0.1, -0.05) is 69.7 Å². The van der Waals surface area contributed by atoms with E-state index in [4.69, 9.17) is 9.72 Å². The Morgan fingerprint density at radius 2 is 1.97 bits per heavy atom. The Kier molecular flexibility index (Phi) is 7.47. The molecular weight excluding hydrogens is 500 g/mol. The fraction of sp³-hybridized carbons (Fsp3) is 0.160. The third kappa shape index (κ3) is 5.83. The van der Waals surface area contributed by atoms with Gasteiger partial charge in [0.2, 0.25) is 0 Å². The Morgan fingerprint density at radius 3 is 2.76 bits per heavy atom. The number of methoxy groups -OCH3 is 1. The summed E-state index contributed by atoms with van der Waals surface area (Å²) in [5.41, 5.74) is 7.71. The quantitative estimate of drug-likeness (QED) is 0.191. The fourth-order valence-corrected chi connectivity index (χ4v) is 4.52. The van der Waals surface area contributed by atoms with Crippen LogP contribution in [-0.4, -0.2) is 34.5 Å². The van der Waals surface area contributed by atoms with Crippen molar-refractivity contribution in [1.82, 2.24) is 15.0 Å². The number of thioether (sulfide) groups is 1. The molecule has 1 aromatic heterocycles. The highest BCUT2D eigenvalue weighted by Crippen LogP contribution is 2.25. The number of para-hydroxylation sites is 2. The Morgan fingerprint density at radius 1 is 1.18 bits per heavy atom. The highest BCUT2D eigenvalue weighted by molar-refractivity contribution is 9.10. The molecule has 4 aromatic rings. The molecule has 0 unspecified atom stereocenters. The lowest BCUT2D eigenvalue weighted by Gasteiger charge is -2.09. The molecule has 33 heavy (non-hydrogen) atoms. The predicted octanol–water partition coefficient (Wildman–Crippen LogP) is 5.41. The molecule has 1 amide bonds. The third-order valence-corrected chi connectivity index (χ3v) is 6.47. The second kappa shape index (κ2) is 10.7. The van der Waals surface area contributed by atoms with Crippen LogP contribution in [0.3, 0.4) is 0 Å². The summed E-state index contributed by atoms with van der Waals surface area (Å²) in [6.07, 6.45) is 1.57. The zero-order valence-corrected chi connectivity index (χ0v) is 20.7. The zero-order valence-electron chi connectivity index (χ0n) is 18.3. The summed E-state index contributed by atoms with van der Waals surface area (Å²) in [7, 11) is 1.60. The summed E-state index contributed by atoms with van der Waals surface area (Å²) in [5, 5.41) is 4.87. The summed E-state index contributed by atoms with van der Waals surface area (Å²) < 4.78 is 8.37. The van der Waals surface area contributed by atoms with Crippen LogP contribution in [-0.2, 0) is 11.3 Å². The summed E-state index contributed by atoms with van der Waals surface area (Å²) in [4.78, 5) is 17.2. The third-order valence-electron chi connectivity index (χ3n) is 5.00. The molecule has 3 aromatic carbocycles. The van der Waals surface area contributed by atoms with Crippen LogP contribution in [0, 0.1) is 6.92 Å². The molecule has 0 aliphatic carbocycles. The van der Waals surface area contributed by atoms with Gasteiger partial charge in [-0.05, 0) is 42.8 Å². The van der Waals surface area contributed by atoms with E-state index in [9.17, 15) is 4.79 Å². The van der Waals surface area contributed by atoms with Crippen molar-refractivity contribution in [3.05, 3.63) is 87.9 Å². The molecule has 0 atom stereocenters. The van der Waals surface area contributed by atoms with E-state index >= 15 is 0 Å². The van der Waals surface area contributed by atoms with Crippen molar-refractivity contribution in [2.45, 2.75) is 18.6 Å². The number of imidazole rings is 1. The second-order valence-corrected chi connectivity index (χ2v) is 9.28. The molecule has 0 saturated heterocycles. The number of rotatable bonds is 8. The van der Waals surface area contributed by atoms with Crippen molar-refractivity contribution in [2.24, 2.45) is 5.10 Å². The number of hydrazone groups is 1. The first-order chi connectivity index (χ1) is 16.0. The van der Waals surface area contributed by atoms with E-state index in [0.29, 0.717) is 12.3 Å². The molecule has 0 aliphatic rings. The monoisotopic (exact) mass is 522 g/mol. The number of halogens is 1. The standard InChI is InChI=1S/C25H23BrN4O2S/c1-17-7-9-18(10-8-17)15-30-22-6-4-3-5-21(22)28-25(30)33-16-24(31)29-27-14-19-13-20(26)11-12-23(19)32-2/h3-14H,15-16H2,1-2H3,(H,29,31)/b27-14+. The van der Waals surface area contributed by atoms with Crippen LogP contribution >= 0.6 is 27.7 Å². The van der Waals surface area contributed by atoms with E-state index in [1.807, 2.05) is 36.4 Å². The zero-order chi connectivity index (χ0) is 23.2. The lowest BCUT2D eigenvalue weighted by molar-refractivity contribution is -0.118. The number of hydrogen-bond donors (Lipinski definition) is 1. The van der Waals surface area contributed by atoms with Crippen LogP contribution in [0.15, 0.2) is 81.5 Å². The van der Waals surface area contributed by atoms with Gasteiger partial charge in [-0.2, -0.15) is 5.10 Å². The number of benzene rings is 3. The predicted molar refractivity (Wildman–Crippen MR) is 137 cm³/mol. The number of nitrogens with zero attached hydrogens (tertiary/aromatic N) is 3. The van der Waals surface area contributed by atoms with Crippen molar-refractivity contribution in [3.8, 4) is 5.75 Å². The Labute approximate surface area is 205 Å². The van der Waals surface area contributed by atoms with Crippen LogP contribution in [0.25, 0.3) is 11.0 Å². The lowest BCUT2D eigenvalue weighted by Crippen LogP contribution is -2.20. The van der Waals surface area contributed by atoms with Crippen molar-refractivity contribution in [2.75, 3.05) is 12.9 Å². The van der Waals surface area contributed by atoms with E-state index in [-0.39, 0.29) is 11.7 Å². The maximum atomic E-state index is 12.4. The number of nitrogens with one attached hydrogen (secondary N) is 1. The maximum absolute atomic E-state index is 12.4. The minimum atomic E-state index is -0.209. The van der Waals surface area contributed by atoms with Gasteiger partial charge in [0, 0.05) is 10.0 Å². The number of carbonyl (C=O) groups excluding carboxylic acids is 1. The fourth-order valence-electron chi connectivity index (χ4n) is 3.33. The maximum Gasteiger partial charge on any atom is 0.250 e. The van der Waals surface area contributed by atoms with Crippen molar-refractivity contribution < 1.29 is 9.53 Å². The number of amides is 1. The van der Waals surface area contributed by atoms with Gasteiger partial charge in [0.15, 0.2) is 5.16 Å². The average Bonchev–Trinajstić information content (AvgIpc) is 3.16. The van der Waals surface area contributed by atoms with Gasteiger partial charge in [-0.15, -0.1) is 0 Å². The number of carbonyl (C=O) groups is 1. The van der Waals surface area contributed by atoms with Crippen molar-refractivity contribution in [3.63, 3.8) is 0 Å². The molecule has 0 radical (unpaired) electrons. The highest BCUT2D eigenvalue weighted by Gasteiger charge is 2.13. The first-order valence-corrected chi connectivity index (χ1v) is 12.1. The molecule has 6 nitrogen and oxygen atoms in total. The number of fused-ring (bicyclic) bond motifs is 1. The second-order valence-electron chi connectivity index (χ2n) is 7.42. The van der Waals surface area contributed by atoms with Crippen LogP contribution < -0.4 is 10.2 Å². The highest BCUT2D eigenvalue weighted by atomic mass is 79.9. The molecule has 0 spiro atoms. The number of aryl methyl sites for hydroxylation is 1. The number of ether oxygens (including phenoxy) is 1. The van der Waals surface area contributed by atoms with E-state index in [0.717, 1.165) is 26.2 Å². The Hall–Kier alpha value is -3.10. The molecule has 168 valence electrons. The molecule has 4 rings (SSSR count). The molecule has 0 bridgehead atoms. The first-order valence-electron chi connectivity index (χ1n) is 10.3. The van der Waals surface area contributed by atoms with E-state index in [1.165, 1.54) is 22.9 Å². The Bertz CT molecular complexity index is 1300. The summed E-state index contributed by atoms with van der Waals surface area (Å²) in [5.74, 6) is 0.666. The van der Waals surface area contributed by atoms with Gasteiger partial charge in [0.25, 0.3) is 5.91 Å². The molecule has 0 saturated carbocycles. The van der Waals surface area contributed by atoms with Crippen LogP contribution in [0.2, 0.25) is 0 Å². The van der Waals surface area contributed by atoms with Crippen LogP contribution in [0.4, 0.5) is 0 Å². The molecule has 0 fully saturated rings. The largest absolute Gasteiger partial charge is 0.496 e. The van der Waals surface area contributed by atoms with Gasteiger partial charge < -0.3 is 9.30 Å². The van der Waals surface area contributed by atoms with Crippen molar-refractivity contribution >= 4 is 50.8 Å². The average molecular weight is 523 g/mol. The van der Waals surface area contributed by atoms with Crippen molar-refractivity contribution in [1.29, 1.82) is 0 Å². The summed E-state index contributed by atoms with van der Waals surface area (Å²) >= 11 is 4.82. The molecule has 1 heterocycles. The summed E-state index contributed by atoms with van der Waals surface area (Å²) in [6.45, 7) is 2.76. The number of hydrogen-bond acceptors (Lipinski definition) is 5. The topological polar surface area (TPSA) is 68.5 Å². The molecule has 1 N–H and O–H groups in total. The van der Waals surface area contributed by atoms with Gasteiger partial charge in [-0.3, -0.25) is 4.79 Å². The van der Waals surface area contributed by atoms with Gasteiger partial charge in [0.05, 0.1) is 36.7 Å². The lowest BCUT2D eigenvalue weighted by atomic mass is 10.1. The number of aromatic nitrogens is 2. The summed E-state index contributed by atoms with van der Waals surface area (Å²) in [6, 6.07) is 22.1. The van der Waals surface area contributed by atoms with E-state index in [1.54, 1.807) is 13.3 Å². The van der Waals surface area contributed by atoms with Gasteiger partial charge >= 0.3 is 0 Å². The first kappa shape index (κ1) is 23.1. The molecular formula is C25H23BrN4O2S. The normalized spacial score (nSPS) is 11.2. The smallest absolute Gasteiger partial charge is 0.250 e. The van der Waals surface area contributed by atoms with Crippen LogP contribution in [0.5, 0.6) is 5.75 Å². The van der Waals surface area contributed by atoms with Gasteiger partial charge in [0.1, 0.15) is 5.75 Å². The minimum absolute atomic E-state index is 0.199. The minimum Gasteiger partial charge on any atom is -0.496 e. The molecule has 0 aliphatic heterocycles. The van der Waals surface area contributed by atoms with Crippen LogP contribution in [0.1, 0.15) is 16.7 Å². The van der Waals surface area contributed by atoms with Gasteiger partial charge in [-0.25, -0.2) is 10.4 Å². The van der Waals surface area contributed by atoms with E-state index < -0.39 is 0 Å². The SMILES string of the molecule is COc1ccc(Br)cc1/C=N/NC(=O)CSc1nc2ccccc2n1Cc1ccc(C)cc1.